The van der Waals surface area contributed by atoms with E-state index < -0.39 is 6.10 Å². The van der Waals surface area contributed by atoms with Crippen LogP contribution in [0, 0.1) is 5.92 Å². The number of carbonyl (C=O) groups excluding carboxylic acids is 3. The van der Waals surface area contributed by atoms with Crippen molar-refractivity contribution >= 4 is 17.9 Å². The Morgan fingerprint density at radius 2 is 0.574 bits per heavy atom. The molecule has 0 bridgehead atoms. The van der Waals surface area contributed by atoms with Crippen LogP contribution in [-0.2, 0) is 28.6 Å². The highest BCUT2D eigenvalue weighted by Gasteiger charge is 2.19. The number of hydrogen-bond acceptors (Lipinski definition) is 6. The van der Waals surface area contributed by atoms with E-state index in [1.807, 2.05) is 0 Å². The van der Waals surface area contributed by atoms with E-state index >= 15 is 0 Å². The minimum absolute atomic E-state index is 0.0631. The number of rotatable bonds is 50. The minimum Gasteiger partial charge on any atom is -0.462 e. The molecule has 61 heavy (non-hydrogen) atoms. The van der Waals surface area contributed by atoms with Gasteiger partial charge in [-0.25, -0.2) is 0 Å². The van der Waals surface area contributed by atoms with Crippen LogP contribution in [0.3, 0.4) is 0 Å². The first-order valence-electron chi connectivity index (χ1n) is 27.4. The zero-order valence-electron chi connectivity index (χ0n) is 41.6. The van der Waals surface area contributed by atoms with Crippen LogP contribution in [0.2, 0.25) is 0 Å². The van der Waals surface area contributed by atoms with Gasteiger partial charge in [0, 0.05) is 19.3 Å². The van der Waals surface area contributed by atoms with Crippen LogP contribution >= 0.6 is 0 Å². The SMILES string of the molecule is CCCCCCCCCCCCCCCCCCCCC(=O)OC[C@@H](COC(=O)CCCCCCCCCCCCCCCCC(C)CC)OC(=O)CCCCCCCCC. The van der Waals surface area contributed by atoms with Gasteiger partial charge in [0.2, 0.25) is 0 Å². The van der Waals surface area contributed by atoms with Crippen LogP contribution in [0.15, 0.2) is 0 Å². The van der Waals surface area contributed by atoms with Gasteiger partial charge in [0.15, 0.2) is 6.10 Å². The summed E-state index contributed by atoms with van der Waals surface area (Å²) in [6.07, 6.45) is 52.5. The average molecular weight is 863 g/mol. The molecule has 0 heterocycles. The summed E-state index contributed by atoms with van der Waals surface area (Å²) in [7, 11) is 0. The van der Waals surface area contributed by atoms with E-state index in [1.54, 1.807) is 0 Å². The summed E-state index contributed by atoms with van der Waals surface area (Å²) in [5.74, 6) is 0.0478. The van der Waals surface area contributed by atoms with Crippen LogP contribution < -0.4 is 0 Å². The molecule has 0 aliphatic heterocycles. The number of hydrogen-bond donors (Lipinski definition) is 0. The first kappa shape index (κ1) is 59.4. The molecule has 0 aromatic heterocycles. The maximum atomic E-state index is 12.7. The molecule has 6 heteroatoms. The lowest BCUT2D eigenvalue weighted by Gasteiger charge is -2.18. The van der Waals surface area contributed by atoms with Gasteiger partial charge in [-0.2, -0.15) is 0 Å². The van der Waals surface area contributed by atoms with Crippen LogP contribution in [0.5, 0.6) is 0 Å². The zero-order chi connectivity index (χ0) is 44.5. The molecular formula is C55H106O6. The Morgan fingerprint density at radius 1 is 0.328 bits per heavy atom. The number of carbonyl (C=O) groups is 3. The molecule has 0 N–H and O–H groups in total. The lowest BCUT2D eigenvalue weighted by molar-refractivity contribution is -0.167. The lowest BCUT2D eigenvalue weighted by atomic mass is 9.99. The van der Waals surface area contributed by atoms with E-state index in [1.165, 1.54) is 205 Å². The molecule has 0 aromatic rings. The highest BCUT2D eigenvalue weighted by molar-refractivity contribution is 5.71. The third-order valence-electron chi connectivity index (χ3n) is 12.9. The predicted molar refractivity (Wildman–Crippen MR) is 261 cm³/mol. The van der Waals surface area contributed by atoms with E-state index in [9.17, 15) is 14.4 Å². The summed E-state index contributed by atoms with van der Waals surface area (Å²) in [6.45, 7) is 9.04. The smallest absolute Gasteiger partial charge is 0.306 e. The fourth-order valence-corrected chi connectivity index (χ4v) is 8.36. The third kappa shape index (κ3) is 47.7. The fourth-order valence-electron chi connectivity index (χ4n) is 8.36. The van der Waals surface area contributed by atoms with Crippen molar-refractivity contribution in [3.05, 3.63) is 0 Å². The van der Waals surface area contributed by atoms with Crippen molar-refractivity contribution in [2.45, 2.75) is 316 Å². The van der Waals surface area contributed by atoms with Gasteiger partial charge in [-0.05, 0) is 25.2 Å². The predicted octanol–water partition coefficient (Wildman–Crippen LogP) is 17.8. The Hall–Kier alpha value is -1.59. The monoisotopic (exact) mass is 863 g/mol. The molecule has 6 nitrogen and oxygen atoms in total. The van der Waals surface area contributed by atoms with Gasteiger partial charge in [0.25, 0.3) is 0 Å². The summed E-state index contributed by atoms with van der Waals surface area (Å²) < 4.78 is 16.8. The molecule has 362 valence electrons. The maximum absolute atomic E-state index is 12.7. The van der Waals surface area contributed by atoms with Gasteiger partial charge in [-0.15, -0.1) is 0 Å². The first-order valence-corrected chi connectivity index (χ1v) is 27.4. The molecule has 0 spiro atoms. The van der Waals surface area contributed by atoms with E-state index in [2.05, 4.69) is 27.7 Å². The highest BCUT2D eigenvalue weighted by Crippen LogP contribution is 2.18. The second kappa shape index (κ2) is 49.4. The van der Waals surface area contributed by atoms with Crippen molar-refractivity contribution in [2.75, 3.05) is 13.2 Å². The van der Waals surface area contributed by atoms with Crippen molar-refractivity contribution in [1.29, 1.82) is 0 Å². The van der Waals surface area contributed by atoms with Gasteiger partial charge >= 0.3 is 17.9 Å². The molecule has 0 saturated carbocycles. The van der Waals surface area contributed by atoms with Crippen molar-refractivity contribution in [1.82, 2.24) is 0 Å². The number of ether oxygens (including phenoxy) is 3. The molecule has 0 aliphatic rings. The van der Waals surface area contributed by atoms with Crippen molar-refractivity contribution in [2.24, 2.45) is 5.92 Å². The zero-order valence-corrected chi connectivity index (χ0v) is 41.6. The van der Waals surface area contributed by atoms with Gasteiger partial charge in [-0.3, -0.25) is 14.4 Å². The van der Waals surface area contributed by atoms with Crippen LogP contribution in [-0.4, -0.2) is 37.2 Å². The topological polar surface area (TPSA) is 78.9 Å². The molecule has 0 saturated heterocycles. The Kier molecular flexibility index (Phi) is 48.1. The van der Waals surface area contributed by atoms with E-state index in [0.29, 0.717) is 19.3 Å². The molecule has 2 atom stereocenters. The molecule has 0 aliphatic carbocycles. The maximum Gasteiger partial charge on any atom is 0.306 e. The summed E-state index contributed by atoms with van der Waals surface area (Å²) in [6, 6.07) is 0. The first-order chi connectivity index (χ1) is 29.9. The largest absolute Gasteiger partial charge is 0.462 e. The Balaban J connectivity index is 4.12. The second-order valence-corrected chi connectivity index (χ2v) is 19.1. The molecule has 0 radical (unpaired) electrons. The molecule has 0 rings (SSSR count). The Labute approximate surface area is 380 Å². The van der Waals surface area contributed by atoms with Crippen LogP contribution in [0.1, 0.15) is 310 Å². The van der Waals surface area contributed by atoms with Crippen molar-refractivity contribution in [3.63, 3.8) is 0 Å². The van der Waals surface area contributed by atoms with E-state index in [-0.39, 0.29) is 31.1 Å². The summed E-state index contributed by atoms with van der Waals surface area (Å²) >= 11 is 0. The standard InChI is InChI=1S/C55H106O6/c1-5-8-10-12-14-15-16-17-18-19-20-21-25-28-31-35-38-42-46-53(56)59-49-52(61-55(58)48-44-40-33-13-11-9-6-2)50-60-54(57)47-43-39-36-32-29-26-23-22-24-27-30-34-37-41-45-51(4)7-3/h51-52H,5-50H2,1-4H3/t51?,52-/m0/s1. The van der Waals surface area contributed by atoms with Crippen molar-refractivity contribution < 1.29 is 28.6 Å². The van der Waals surface area contributed by atoms with Gasteiger partial charge in [0.05, 0.1) is 0 Å². The molecule has 0 fully saturated rings. The highest BCUT2D eigenvalue weighted by atomic mass is 16.6. The van der Waals surface area contributed by atoms with Gasteiger partial charge in [0.1, 0.15) is 13.2 Å². The Bertz CT molecular complexity index is 920. The summed E-state index contributed by atoms with van der Waals surface area (Å²) in [5.41, 5.74) is 0. The fraction of sp³-hybridized carbons (Fsp3) is 0.945. The number of esters is 3. The molecule has 0 amide bonds. The van der Waals surface area contributed by atoms with E-state index in [0.717, 1.165) is 63.7 Å². The lowest BCUT2D eigenvalue weighted by Crippen LogP contribution is -2.30. The normalized spacial score (nSPS) is 12.4. The number of unbranched alkanes of at least 4 members (excludes halogenated alkanes) is 36. The van der Waals surface area contributed by atoms with E-state index in [4.69, 9.17) is 14.2 Å². The molecular weight excluding hydrogens is 757 g/mol. The van der Waals surface area contributed by atoms with Gasteiger partial charge < -0.3 is 14.2 Å². The summed E-state index contributed by atoms with van der Waals surface area (Å²) in [4.78, 5) is 37.8. The minimum atomic E-state index is -0.759. The van der Waals surface area contributed by atoms with Crippen molar-refractivity contribution in [3.8, 4) is 0 Å². The molecule has 0 aromatic carbocycles. The second-order valence-electron chi connectivity index (χ2n) is 19.1. The molecule has 1 unspecified atom stereocenters. The summed E-state index contributed by atoms with van der Waals surface area (Å²) in [5, 5.41) is 0. The average Bonchev–Trinajstić information content (AvgIpc) is 3.26. The van der Waals surface area contributed by atoms with Gasteiger partial charge in [-0.1, -0.05) is 272 Å². The third-order valence-corrected chi connectivity index (χ3v) is 12.9. The Morgan fingerprint density at radius 3 is 0.852 bits per heavy atom. The quantitative estimate of drug-likeness (QED) is 0.0344. The van der Waals surface area contributed by atoms with Crippen LogP contribution in [0.4, 0.5) is 0 Å². The van der Waals surface area contributed by atoms with Crippen LogP contribution in [0.25, 0.3) is 0 Å².